The van der Waals surface area contributed by atoms with E-state index in [1.54, 1.807) is 11.0 Å². The molecule has 1 amide bonds. The van der Waals surface area contributed by atoms with E-state index in [0.717, 1.165) is 16.8 Å². The summed E-state index contributed by atoms with van der Waals surface area (Å²) in [5.74, 6) is 3.97. The Kier molecular flexibility index (Phi) is 4.17. The van der Waals surface area contributed by atoms with Gasteiger partial charge in [-0.3, -0.25) is 4.79 Å². The number of H-pyrrole nitrogens is 1. The number of nitrogens with zero attached hydrogens (tertiary/aromatic N) is 5. The Morgan fingerprint density at radius 1 is 1.33 bits per heavy atom. The molecule has 0 radical (unpaired) electrons. The minimum atomic E-state index is -0.170. The molecule has 148 valence electrons. The number of carbonyl (C=O) groups excluding carboxylic acids is 1. The van der Waals surface area contributed by atoms with E-state index >= 15 is 0 Å². The first-order valence-electron chi connectivity index (χ1n) is 9.35. The molecule has 0 aliphatic carbocycles. The number of hydrogen-bond acceptors (Lipinski definition) is 6. The maximum Gasteiger partial charge on any atom is 0.226 e. The summed E-state index contributed by atoms with van der Waals surface area (Å²) >= 11 is 0. The van der Waals surface area contributed by atoms with Crippen LogP contribution in [0.25, 0.3) is 17.0 Å². The van der Waals surface area contributed by atoms with E-state index in [4.69, 9.17) is 11.2 Å². The molecular weight excluding hydrogens is 382 g/mol. The summed E-state index contributed by atoms with van der Waals surface area (Å²) in [6.45, 7) is 2.11. The van der Waals surface area contributed by atoms with E-state index in [0.29, 0.717) is 35.0 Å². The predicted octanol–water partition coefficient (Wildman–Crippen LogP) is 2.33. The average molecular weight is 399 g/mol. The van der Waals surface area contributed by atoms with Crippen molar-refractivity contribution >= 4 is 22.9 Å². The molecule has 9 heteroatoms. The van der Waals surface area contributed by atoms with Gasteiger partial charge in [-0.2, -0.15) is 9.78 Å². The zero-order chi connectivity index (χ0) is 20.7. The van der Waals surface area contributed by atoms with E-state index in [1.807, 2.05) is 31.2 Å². The number of aryl methyl sites for hydroxylation is 1. The molecule has 0 fully saturated rings. The van der Waals surface area contributed by atoms with Crippen molar-refractivity contribution in [2.45, 2.75) is 19.3 Å². The summed E-state index contributed by atoms with van der Waals surface area (Å²) in [6.07, 6.45) is 8.58. The van der Waals surface area contributed by atoms with Gasteiger partial charge < -0.3 is 15.0 Å². The Balaban J connectivity index is 1.64. The summed E-state index contributed by atoms with van der Waals surface area (Å²) in [5, 5.41) is 7.64. The van der Waals surface area contributed by atoms with Crippen molar-refractivity contribution < 1.29 is 9.53 Å². The van der Waals surface area contributed by atoms with Gasteiger partial charge in [-0.1, -0.05) is 18.1 Å². The van der Waals surface area contributed by atoms with Crippen LogP contribution in [0, 0.1) is 19.3 Å². The van der Waals surface area contributed by atoms with Crippen LogP contribution in [0.15, 0.2) is 36.9 Å². The predicted molar refractivity (Wildman–Crippen MR) is 109 cm³/mol. The highest BCUT2D eigenvalue weighted by Crippen LogP contribution is 2.41. The zero-order valence-electron chi connectivity index (χ0n) is 16.1. The van der Waals surface area contributed by atoms with Gasteiger partial charge >= 0.3 is 0 Å². The molecule has 3 aromatic heterocycles. The van der Waals surface area contributed by atoms with Crippen LogP contribution in [0.2, 0.25) is 0 Å². The van der Waals surface area contributed by atoms with E-state index in [2.05, 4.69) is 36.3 Å². The van der Waals surface area contributed by atoms with Gasteiger partial charge in [0.2, 0.25) is 5.91 Å². The normalized spacial score (nSPS) is 15.5. The van der Waals surface area contributed by atoms with E-state index < -0.39 is 0 Å². The van der Waals surface area contributed by atoms with Crippen molar-refractivity contribution in [2.24, 2.45) is 0 Å². The lowest BCUT2D eigenvalue weighted by molar-refractivity contribution is -0.116. The second-order valence-corrected chi connectivity index (χ2v) is 6.93. The number of benzene rings is 1. The molecule has 0 bridgehead atoms. The van der Waals surface area contributed by atoms with Gasteiger partial charge in [-0.15, -0.1) is 6.42 Å². The van der Waals surface area contributed by atoms with Crippen LogP contribution in [-0.2, 0) is 4.79 Å². The van der Waals surface area contributed by atoms with Gasteiger partial charge in [-0.25, -0.2) is 15.0 Å². The topological polar surface area (TPSA) is 111 Å². The molecule has 0 saturated carbocycles. The van der Waals surface area contributed by atoms with E-state index in [-0.39, 0.29) is 18.4 Å². The zero-order valence-corrected chi connectivity index (χ0v) is 16.1. The second kappa shape index (κ2) is 7.00. The van der Waals surface area contributed by atoms with Crippen LogP contribution in [0.5, 0.6) is 5.75 Å². The first-order valence-corrected chi connectivity index (χ1v) is 9.35. The monoisotopic (exact) mass is 399 g/mol. The second-order valence-electron chi connectivity index (χ2n) is 6.93. The van der Waals surface area contributed by atoms with Gasteiger partial charge in [-0.05, 0) is 24.6 Å². The molecule has 0 spiro atoms. The molecule has 1 atom stereocenters. The molecule has 5 rings (SSSR count). The lowest BCUT2D eigenvalue weighted by Gasteiger charge is -2.24. The van der Waals surface area contributed by atoms with Gasteiger partial charge in [0.15, 0.2) is 11.5 Å². The van der Waals surface area contributed by atoms with Crippen LogP contribution in [0.4, 0.5) is 5.82 Å². The van der Waals surface area contributed by atoms with Crippen LogP contribution < -0.4 is 10.1 Å². The highest BCUT2D eigenvalue weighted by Gasteiger charge is 2.33. The fourth-order valence-electron chi connectivity index (χ4n) is 3.84. The molecule has 0 saturated heterocycles. The number of aromatic nitrogens is 6. The SMILES string of the molecule is C#CCOc1cccc(C2CC(=O)Nc3c2c(C)nn3-c2ncnc3nc[nH]c23)c1. The number of hydrogen-bond donors (Lipinski definition) is 2. The smallest absolute Gasteiger partial charge is 0.226 e. The maximum absolute atomic E-state index is 12.6. The highest BCUT2D eigenvalue weighted by molar-refractivity contribution is 5.95. The van der Waals surface area contributed by atoms with Crippen molar-refractivity contribution in [3.05, 3.63) is 53.7 Å². The molecule has 4 aromatic rings. The van der Waals surface area contributed by atoms with Crippen LogP contribution >= 0.6 is 0 Å². The minimum absolute atomic E-state index is 0.0986. The van der Waals surface area contributed by atoms with E-state index in [1.165, 1.54) is 6.33 Å². The largest absolute Gasteiger partial charge is 0.481 e. The highest BCUT2D eigenvalue weighted by atomic mass is 16.5. The van der Waals surface area contributed by atoms with Crippen molar-refractivity contribution in [1.29, 1.82) is 0 Å². The fourth-order valence-corrected chi connectivity index (χ4v) is 3.84. The quantitative estimate of drug-likeness (QED) is 0.510. The third kappa shape index (κ3) is 2.86. The molecule has 4 heterocycles. The number of aromatic amines is 1. The summed E-state index contributed by atoms with van der Waals surface area (Å²) in [7, 11) is 0. The van der Waals surface area contributed by atoms with Crippen molar-refractivity contribution in [2.75, 3.05) is 11.9 Å². The number of ether oxygens (including phenoxy) is 1. The van der Waals surface area contributed by atoms with Gasteiger partial charge in [0, 0.05) is 17.9 Å². The standard InChI is InChI=1S/C21H17N7O2/c1-3-7-30-14-6-4-5-13(8-14)15-9-16(29)26-20-17(15)12(2)27-28(20)21-18-19(23-10-22-18)24-11-25-21/h1,4-6,8,10-11,15H,7,9H2,2H3,(H,26,29)(H,22,23,24,25). The summed E-state index contributed by atoms with van der Waals surface area (Å²) < 4.78 is 7.19. The number of fused-ring (bicyclic) bond motifs is 2. The summed E-state index contributed by atoms with van der Waals surface area (Å²) in [5.41, 5.74) is 3.87. The maximum atomic E-state index is 12.6. The first kappa shape index (κ1) is 17.9. The molecule has 1 aliphatic heterocycles. The molecule has 1 unspecified atom stereocenters. The van der Waals surface area contributed by atoms with E-state index in [9.17, 15) is 4.79 Å². The van der Waals surface area contributed by atoms with Crippen molar-refractivity contribution in [1.82, 2.24) is 29.7 Å². The first-order chi connectivity index (χ1) is 14.7. The lowest BCUT2D eigenvalue weighted by Crippen LogP contribution is -2.25. The Bertz CT molecular complexity index is 1310. The molecule has 2 N–H and O–H groups in total. The number of nitrogens with one attached hydrogen (secondary N) is 2. The summed E-state index contributed by atoms with van der Waals surface area (Å²) in [4.78, 5) is 28.3. The van der Waals surface area contributed by atoms with Gasteiger partial charge in [0.05, 0.1) is 12.0 Å². The number of rotatable bonds is 4. The van der Waals surface area contributed by atoms with Crippen molar-refractivity contribution in [3.8, 4) is 23.9 Å². The van der Waals surface area contributed by atoms with Crippen molar-refractivity contribution in [3.63, 3.8) is 0 Å². The molecule has 30 heavy (non-hydrogen) atoms. The summed E-state index contributed by atoms with van der Waals surface area (Å²) in [6, 6.07) is 7.63. The van der Waals surface area contributed by atoms with Gasteiger partial charge in [0.1, 0.15) is 30.0 Å². The third-order valence-electron chi connectivity index (χ3n) is 5.09. The number of amides is 1. The number of anilines is 1. The Labute approximate surface area is 171 Å². The molecular formula is C21H17N7O2. The number of imidazole rings is 1. The Morgan fingerprint density at radius 2 is 2.23 bits per heavy atom. The Hall–Kier alpha value is -4.19. The molecule has 9 nitrogen and oxygen atoms in total. The van der Waals surface area contributed by atoms with Crippen LogP contribution in [-0.4, -0.2) is 42.2 Å². The lowest BCUT2D eigenvalue weighted by atomic mass is 9.86. The molecule has 1 aliphatic rings. The van der Waals surface area contributed by atoms with Gasteiger partial charge in [0.25, 0.3) is 0 Å². The number of terminal acetylenes is 1. The molecule has 1 aromatic carbocycles. The van der Waals surface area contributed by atoms with Crippen LogP contribution in [0.1, 0.15) is 29.2 Å². The minimum Gasteiger partial charge on any atom is -0.481 e. The third-order valence-corrected chi connectivity index (χ3v) is 5.09. The average Bonchev–Trinajstić information content (AvgIpc) is 3.36. The Morgan fingerprint density at radius 3 is 3.10 bits per heavy atom. The van der Waals surface area contributed by atoms with Crippen LogP contribution in [0.3, 0.4) is 0 Å². The fraction of sp³-hybridized carbons (Fsp3) is 0.190. The number of carbonyl (C=O) groups is 1.